The van der Waals surface area contributed by atoms with E-state index in [0.29, 0.717) is 5.69 Å². The van der Waals surface area contributed by atoms with Gasteiger partial charge in [-0.2, -0.15) is 13.2 Å². The molecule has 0 bridgehead atoms. The number of anilines is 2. The van der Waals surface area contributed by atoms with Crippen molar-refractivity contribution in [2.45, 2.75) is 11.1 Å². The standard InChI is InChI=1S/C17H12BrF3N4O3S/c18-10-4-6-11(7-5-10)25-29(27,28)13-3-1-2-12(8-13)23-15(26)14-9-22-16(24-14)17(19,20)21/h1-9,25H,(H,22,24)(H,23,26). The van der Waals surface area contributed by atoms with Crippen molar-refractivity contribution in [3.63, 3.8) is 0 Å². The van der Waals surface area contributed by atoms with Gasteiger partial charge in [0.05, 0.1) is 11.1 Å². The summed E-state index contributed by atoms with van der Waals surface area (Å²) in [4.78, 5) is 17.0. The molecule has 0 spiro atoms. The number of carbonyl (C=O) groups excluding carboxylic acids is 1. The summed E-state index contributed by atoms with van der Waals surface area (Å²) in [6.45, 7) is 0. The third-order valence-electron chi connectivity index (χ3n) is 3.59. The lowest BCUT2D eigenvalue weighted by Gasteiger charge is -2.10. The van der Waals surface area contributed by atoms with Gasteiger partial charge in [0.25, 0.3) is 15.9 Å². The smallest absolute Gasteiger partial charge is 0.330 e. The number of imidazole rings is 1. The zero-order valence-corrected chi connectivity index (χ0v) is 16.7. The Morgan fingerprint density at radius 1 is 1.07 bits per heavy atom. The van der Waals surface area contributed by atoms with Crippen LogP contribution in [0.15, 0.2) is 64.1 Å². The van der Waals surface area contributed by atoms with E-state index < -0.39 is 33.6 Å². The van der Waals surface area contributed by atoms with Crippen LogP contribution in [0.25, 0.3) is 0 Å². The number of hydrogen-bond acceptors (Lipinski definition) is 4. The van der Waals surface area contributed by atoms with Gasteiger partial charge in [-0.1, -0.05) is 22.0 Å². The normalized spacial score (nSPS) is 11.9. The maximum atomic E-state index is 12.6. The van der Waals surface area contributed by atoms with E-state index in [1.54, 1.807) is 24.3 Å². The molecule has 0 saturated heterocycles. The van der Waals surface area contributed by atoms with E-state index in [2.05, 4.69) is 31.0 Å². The Labute approximate surface area is 171 Å². The average molecular weight is 489 g/mol. The van der Waals surface area contributed by atoms with Gasteiger partial charge in [0.2, 0.25) is 5.82 Å². The Morgan fingerprint density at radius 2 is 1.76 bits per heavy atom. The second-order valence-electron chi connectivity index (χ2n) is 5.74. The van der Waals surface area contributed by atoms with Gasteiger partial charge >= 0.3 is 6.18 Å². The zero-order valence-electron chi connectivity index (χ0n) is 14.3. The van der Waals surface area contributed by atoms with Gasteiger partial charge in [0.1, 0.15) is 5.69 Å². The van der Waals surface area contributed by atoms with Crippen LogP contribution >= 0.6 is 15.9 Å². The van der Waals surface area contributed by atoms with Gasteiger partial charge in [-0.25, -0.2) is 13.4 Å². The Bertz CT molecular complexity index is 1150. The van der Waals surface area contributed by atoms with Crippen LogP contribution in [0.5, 0.6) is 0 Å². The monoisotopic (exact) mass is 488 g/mol. The molecule has 0 unspecified atom stereocenters. The van der Waals surface area contributed by atoms with Crippen LogP contribution in [0.2, 0.25) is 0 Å². The molecule has 0 atom stereocenters. The number of nitrogens with zero attached hydrogens (tertiary/aromatic N) is 1. The van der Waals surface area contributed by atoms with Crippen LogP contribution in [-0.4, -0.2) is 24.3 Å². The number of halogens is 4. The van der Waals surface area contributed by atoms with E-state index in [0.717, 1.165) is 10.7 Å². The zero-order chi connectivity index (χ0) is 21.2. The fourth-order valence-electron chi connectivity index (χ4n) is 2.25. The average Bonchev–Trinajstić information content (AvgIpc) is 3.14. The van der Waals surface area contributed by atoms with Crippen molar-refractivity contribution in [3.8, 4) is 0 Å². The third kappa shape index (κ3) is 5.15. The molecule has 0 aliphatic rings. The number of hydrogen-bond donors (Lipinski definition) is 3. The predicted molar refractivity (Wildman–Crippen MR) is 103 cm³/mol. The molecule has 0 fully saturated rings. The molecule has 29 heavy (non-hydrogen) atoms. The number of carbonyl (C=O) groups is 1. The van der Waals surface area contributed by atoms with Crippen LogP contribution in [0, 0.1) is 0 Å². The van der Waals surface area contributed by atoms with Gasteiger partial charge in [0, 0.05) is 15.8 Å². The second-order valence-corrected chi connectivity index (χ2v) is 8.34. The molecular formula is C17H12BrF3N4O3S. The molecule has 0 aliphatic carbocycles. The number of aromatic nitrogens is 2. The highest BCUT2D eigenvalue weighted by molar-refractivity contribution is 9.10. The van der Waals surface area contributed by atoms with E-state index in [9.17, 15) is 26.4 Å². The first-order valence-electron chi connectivity index (χ1n) is 7.86. The van der Waals surface area contributed by atoms with Crippen molar-refractivity contribution >= 4 is 43.2 Å². The van der Waals surface area contributed by atoms with Gasteiger partial charge in [-0.3, -0.25) is 9.52 Å². The number of amides is 1. The van der Waals surface area contributed by atoms with Crippen molar-refractivity contribution in [1.29, 1.82) is 0 Å². The molecule has 2 aromatic carbocycles. The quantitative estimate of drug-likeness (QED) is 0.499. The van der Waals surface area contributed by atoms with Crippen molar-refractivity contribution in [2.75, 3.05) is 10.0 Å². The SMILES string of the molecule is O=C(Nc1cccc(S(=O)(=O)Nc2ccc(Br)cc2)c1)c1cnc(C(F)(F)F)[nH]1. The number of rotatable bonds is 5. The molecule has 152 valence electrons. The number of benzene rings is 2. The van der Waals surface area contributed by atoms with E-state index in [-0.39, 0.29) is 10.6 Å². The summed E-state index contributed by atoms with van der Waals surface area (Å²) in [5, 5.41) is 2.33. The van der Waals surface area contributed by atoms with E-state index in [4.69, 9.17) is 0 Å². The number of nitrogens with one attached hydrogen (secondary N) is 3. The Kier molecular flexibility index (Phi) is 5.66. The lowest BCUT2D eigenvalue weighted by Crippen LogP contribution is -2.15. The lowest BCUT2D eigenvalue weighted by atomic mass is 10.3. The first kappa shape index (κ1) is 20.9. The number of alkyl halides is 3. The molecule has 1 heterocycles. The molecule has 0 radical (unpaired) electrons. The van der Waals surface area contributed by atoms with Crippen molar-refractivity contribution < 1.29 is 26.4 Å². The summed E-state index contributed by atoms with van der Waals surface area (Å²) in [5.41, 5.74) is -0.00445. The van der Waals surface area contributed by atoms with Gasteiger partial charge < -0.3 is 10.3 Å². The van der Waals surface area contributed by atoms with Gasteiger partial charge in [0.15, 0.2) is 0 Å². The number of H-pyrrole nitrogens is 1. The van der Waals surface area contributed by atoms with Crippen LogP contribution in [-0.2, 0) is 16.2 Å². The maximum Gasteiger partial charge on any atom is 0.449 e. The first-order chi connectivity index (χ1) is 13.5. The van der Waals surface area contributed by atoms with Gasteiger partial charge in [-0.15, -0.1) is 0 Å². The summed E-state index contributed by atoms with van der Waals surface area (Å²) in [5.74, 6) is -2.21. The fourth-order valence-corrected chi connectivity index (χ4v) is 3.62. The van der Waals surface area contributed by atoms with E-state index in [1.807, 2.05) is 4.98 Å². The highest BCUT2D eigenvalue weighted by atomic mass is 79.9. The molecular weight excluding hydrogens is 477 g/mol. The lowest BCUT2D eigenvalue weighted by molar-refractivity contribution is -0.144. The Morgan fingerprint density at radius 3 is 2.38 bits per heavy atom. The number of aromatic amines is 1. The largest absolute Gasteiger partial charge is 0.449 e. The topological polar surface area (TPSA) is 104 Å². The minimum atomic E-state index is -4.72. The molecule has 3 rings (SSSR count). The van der Waals surface area contributed by atoms with Crippen molar-refractivity contribution in [3.05, 3.63) is 70.7 Å². The summed E-state index contributed by atoms with van der Waals surface area (Å²) in [7, 11) is -3.95. The van der Waals surface area contributed by atoms with Crippen LogP contribution in [0.1, 0.15) is 16.3 Å². The van der Waals surface area contributed by atoms with Gasteiger partial charge in [-0.05, 0) is 42.5 Å². The van der Waals surface area contributed by atoms with Crippen molar-refractivity contribution in [1.82, 2.24) is 9.97 Å². The molecule has 1 aromatic heterocycles. The van der Waals surface area contributed by atoms with Crippen LogP contribution in [0.4, 0.5) is 24.5 Å². The minimum Gasteiger partial charge on any atom is -0.330 e. The highest BCUT2D eigenvalue weighted by Crippen LogP contribution is 2.26. The highest BCUT2D eigenvalue weighted by Gasteiger charge is 2.35. The summed E-state index contributed by atoms with van der Waals surface area (Å²) >= 11 is 3.25. The van der Waals surface area contributed by atoms with E-state index in [1.165, 1.54) is 24.3 Å². The molecule has 1 amide bonds. The van der Waals surface area contributed by atoms with E-state index >= 15 is 0 Å². The summed E-state index contributed by atoms with van der Waals surface area (Å²) in [6, 6.07) is 11.7. The Hall–Kier alpha value is -2.86. The Balaban J connectivity index is 1.77. The minimum absolute atomic E-state index is 0.0804. The molecule has 12 heteroatoms. The second kappa shape index (κ2) is 7.87. The van der Waals surface area contributed by atoms with Crippen molar-refractivity contribution in [2.24, 2.45) is 0 Å². The molecule has 3 N–H and O–H groups in total. The first-order valence-corrected chi connectivity index (χ1v) is 10.1. The molecule has 3 aromatic rings. The molecule has 0 aliphatic heterocycles. The molecule has 0 saturated carbocycles. The maximum absolute atomic E-state index is 12.6. The summed E-state index contributed by atoms with van der Waals surface area (Å²) in [6.07, 6.45) is -3.97. The van der Waals surface area contributed by atoms with Crippen LogP contribution in [0.3, 0.4) is 0 Å². The fraction of sp³-hybridized carbons (Fsp3) is 0.0588. The number of sulfonamides is 1. The summed E-state index contributed by atoms with van der Waals surface area (Å²) < 4.78 is 66.0. The molecule has 7 nitrogen and oxygen atoms in total. The third-order valence-corrected chi connectivity index (χ3v) is 5.50. The predicted octanol–water partition coefficient (Wildman–Crippen LogP) is 4.24. The van der Waals surface area contributed by atoms with Crippen LogP contribution < -0.4 is 10.0 Å².